The molecular formula is C7H13NO7S. The van der Waals surface area contributed by atoms with Gasteiger partial charge in [0.2, 0.25) is 0 Å². The first-order valence-electron chi connectivity index (χ1n) is 4.34. The Bertz CT molecular complexity index is 350. The second-order valence-corrected chi connectivity index (χ2v) is 4.26. The summed E-state index contributed by atoms with van der Waals surface area (Å²) in [4.78, 5) is 26.2. The fourth-order valence-electron chi connectivity index (χ4n) is 0.628. The van der Waals surface area contributed by atoms with E-state index in [1.54, 1.807) is 0 Å². The predicted molar refractivity (Wildman–Crippen MR) is 51.8 cm³/mol. The first-order chi connectivity index (χ1) is 7.32. The summed E-state index contributed by atoms with van der Waals surface area (Å²) >= 11 is 0. The van der Waals surface area contributed by atoms with Crippen LogP contribution in [0, 0.1) is 0 Å². The van der Waals surface area contributed by atoms with Crippen LogP contribution in [0.25, 0.3) is 0 Å². The van der Waals surface area contributed by atoms with Crippen LogP contribution in [0.5, 0.6) is 0 Å². The van der Waals surface area contributed by atoms with Gasteiger partial charge in [0.05, 0.1) is 19.5 Å². The van der Waals surface area contributed by atoms with E-state index in [9.17, 15) is 18.0 Å². The van der Waals surface area contributed by atoms with Crippen molar-refractivity contribution >= 4 is 22.3 Å². The highest BCUT2D eigenvalue weighted by Crippen LogP contribution is 2.04. The quantitative estimate of drug-likeness (QED) is 0.534. The van der Waals surface area contributed by atoms with Crippen molar-refractivity contribution in [3.8, 4) is 0 Å². The molecule has 0 saturated heterocycles. The molecule has 0 unspecified atom stereocenters. The number of ether oxygens (including phenoxy) is 2. The molecule has 94 valence electrons. The molecule has 0 radical (unpaired) electrons. The largest absolute Gasteiger partial charge is 0.534 e. The van der Waals surface area contributed by atoms with E-state index in [1.807, 2.05) is 0 Å². The monoisotopic (exact) mass is 255 g/mol. The van der Waals surface area contributed by atoms with Crippen molar-refractivity contribution in [3.63, 3.8) is 0 Å². The maximum atomic E-state index is 11.1. The molecule has 8 nitrogen and oxygen atoms in total. The number of carbonyl (C=O) groups excluding carboxylic acids is 2. The molecule has 0 fully saturated rings. The lowest BCUT2D eigenvalue weighted by molar-refractivity contribution is -0.0547. The summed E-state index contributed by atoms with van der Waals surface area (Å²) in [6.45, 7) is 2.90. The van der Waals surface area contributed by atoms with Crippen molar-refractivity contribution in [2.24, 2.45) is 0 Å². The highest BCUT2D eigenvalue weighted by molar-refractivity contribution is 7.88. The van der Waals surface area contributed by atoms with Gasteiger partial charge in [-0.15, -0.1) is 0 Å². The van der Waals surface area contributed by atoms with Crippen LogP contribution >= 0.6 is 0 Å². The van der Waals surface area contributed by atoms with Crippen molar-refractivity contribution in [2.75, 3.05) is 19.5 Å². The summed E-state index contributed by atoms with van der Waals surface area (Å²) in [5.74, 6) is 0. The Morgan fingerprint density at radius 2 is 1.62 bits per heavy atom. The Morgan fingerprint density at radius 1 is 1.12 bits per heavy atom. The summed E-state index contributed by atoms with van der Waals surface area (Å²) in [5, 5.41) is 0. The van der Waals surface area contributed by atoms with Crippen molar-refractivity contribution < 1.29 is 32.3 Å². The van der Waals surface area contributed by atoms with Crippen LogP contribution < -0.4 is 0 Å². The molecule has 0 N–H and O–H groups in total. The summed E-state index contributed by atoms with van der Waals surface area (Å²) in [7, 11) is -4.06. The standard InChI is InChI=1S/C7H13NO7S/c1-4-13-6(9)8(16(3,11)12)15-7(10)14-5-2/h4-5H2,1-3H3. The zero-order valence-electron chi connectivity index (χ0n) is 9.13. The minimum absolute atomic E-state index is 0.0146. The van der Waals surface area contributed by atoms with Gasteiger partial charge >= 0.3 is 12.2 Å². The Balaban J connectivity index is 4.71. The van der Waals surface area contributed by atoms with Gasteiger partial charge in [-0.2, -0.15) is 0 Å². The maximum Gasteiger partial charge on any atom is 0.534 e. The molecule has 0 spiro atoms. The van der Waals surface area contributed by atoms with Crippen molar-refractivity contribution in [1.82, 2.24) is 4.47 Å². The third-order valence-corrected chi connectivity index (χ3v) is 1.96. The van der Waals surface area contributed by atoms with Crippen LogP contribution in [0.3, 0.4) is 0 Å². The van der Waals surface area contributed by atoms with Gasteiger partial charge in [-0.3, -0.25) is 4.84 Å². The van der Waals surface area contributed by atoms with E-state index in [0.29, 0.717) is 6.26 Å². The minimum Gasteiger partial charge on any atom is -0.447 e. The average Bonchev–Trinajstić information content (AvgIpc) is 2.13. The van der Waals surface area contributed by atoms with Crippen LogP contribution in [0.2, 0.25) is 0 Å². The first-order valence-corrected chi connectivity index (χ1v) is 6.19. The van der Waals surface area contributed by atoms with Crippen molar-refractivity contribution in [2.45, 2.75) is 13.8 Å². The van der Waals surface area contributed by atoms with Gasteiger partial charge in [0.15, 0.2) is 0 Å². The van der Waals surface area contributed by atoms with Crippen LogP contribution in [-0.2, 0) is 24.3 Å². The molecule has 0 aromatic rings. The number of hydrogen-bond acceptors (Lipinski definition) is 7. The van der Waals surface area contributed by atoms with Crippen molar-refractivity contribution in [1.29, 1.82) is 0 Å². The molecule has 0 rings (SSSR count). The smallest absolute Gasteiger partial charge is 0.447 e. The Hall–Kier alpha value is -1.51. The Morgan fingerprint density at radius 3 is 2.00 bits per heavy atom. The number of hydrogen-bond donors (Lipinski definition) is 0. The molecule has 1 amide bonds. The van der Waals surface area contributed by atoms with Gasteiger partial charge in [-0.05, 0) is 18.3 Å². The molecule has 0 aromatic carbocycles. The lowest BCUT2D eigenvalue weighted by Crippen LogP contribution is -2.38. The topological polar surface area (TPSA) is 99.2 Å². The molecule has 0 aliphatic heterocycles. The van der Waals surface area contributed by atoms with E-state index < -0.39 is 22.3 Å². The highest BCUT2D eigenvalue weighted by Gasteiger charge is 2.30. The molecule has 0 bridgehead atoms. The Labute approximate surface area is 93.1 Å². The Kier molecular flexibility index (Phi) is 5.57. The lowest BCUT2D eigenvalue weighted by Gasteiger charge is -2.16. The predicted octanol–water partition coefficient (Wildman–Crippen LogP) is 0.493. The van der Waals surface area contributed by atoms with Gasteiger partial charge in [-0.1, -0.05) is 0 Å². The van der Waals surface area contributed by atoms with Gasteiger partial charge < -0.3 is 9.47 Å². The second-order valence-electron chi connectivity index (χ2n) is 2.46. The first kappa shape index (κ1) is 14.5. The lowest BCUT2D eigenvalue weighted by atomic mass is 10.9. The number of rotatable bonds is 3. The molecule has 0 atom stereocenters. The maximum absolute atomic E-state index is 11.1. The summed E-state index contributed by atoms with van der Waals surface area (Å²) < 4.78 is 30.7. The van der Waals surface area contributed by atoms with Gasteiger partial charge in [0.1, 0.15) is 0 Å². The fourth-order valence-corrected chi connectivity index (χ4v) is 1.15. The van der Waals surface area contributed by atoms with E-state index in [2.05, 4.69) is 14.3 Å². The van der Waals surface area contributed by atoms with E-state index >= 15 is 0 Å². The zero-order chi connectivity index (χ0) is 12.8. The third-order valence-electron chi connectivity index (χ3n) is 1.14. The summed E-state index contributed by atoms with van der Waals surface area (Å²) in [5.41, 5.74) is 0. The number of nitrogens with zero attached hydrogens (tertiary/aromatic N) is 1. The minimum atomic E-state index is -4.06. The molecule has 0 aliphatic carbocycles. The van der Waals surface area contributed by atoms with Crippen LogP contribution in [0.1, 0.15) is 13.8 Å². The molecule has 0 aliphatic rings. The number of amides is 1. The van der Waals surface area contributed by atoms with Gasteiger partial charge in [0, 0.05) is 0 Å². The summed E-state index contributed by atoms with van der Waals surface area (Å²) in [6.07, 6.45) is -1.93. The van der Waals surface area contributed by atoms with Gasteiger partial charge in [0.25, 0.3) is 10.0 Å². The van der Waals surface area contributed by atoms with Crippen LogP contribution in [0.15, 0.2) is 0 Å². The second kappa shape index (κ2) is 6.16. The van der Waals surface area contributed by atoms with Gasteiger partial charge in [-0.25, -0.2) is 18.0 Å². The van der Waals surface area contributed by atoms with E-state index in [4.69, 9.17) is 0 Å². The fraction of sp³-hybridized carbons (Fsp3) is 0.714. The number of sulfonamides is 1. The molecule has 0 aromatic heterocycles. The average molecular weight is 255 g/mol. The third kappa shape index (κ3) is 4.82. The van der Waals surface area contributed by atoms with E-state index in [1.165, 1.54) is 13.8 Å². The molecule has 0 heterocycles. The molecule has 9 heteroatoms. The highest BCUT2D eigenvalue weighted by atomic mass is 32.2. The van der Waals surface area contributed by atoms with Crippen LogP contribution in [0.4, 0.5) is 9.59 Å². The molecule has 16 heavy (non-hydrogen) atoms. The molecular weight excluding hydrogens is 242 g/mol. The number of carbonyl (C=O) groups is 2. The van der Waals surface area contributed by atoms with E-state index in [-0.39, 0.29) is 17.7 Å². The SMILES string of the molecule is CCOC(=O)ON(C(=O)OCC)S(C)(=O)=O. The van der Waals surface area contributed by atoms with Crippen LogP contribution in [-0.4, -0.2) is 44.6 Å². The van der Waals surface area contributed by atoms with Crippen molar-refractivity contribution in [3.05, 3.63) is 0 Å². The van der Waals surface area contributed by atoms with E-state index in [0.717, 1.165) is 0 Å². The molecule has 0 saturated carbocycles. The summed E-state index contributed by atoms with van der Waals surface area (Å²) in [6, 6.07) is 0. The zero-order valence-corrected chi connectivity index (χ0v) is 9.94. The normalized spacial score (nSPS) is 10.4. The number of hydroxylamine groups is 1.